The van der Waals surface area contributed by atoms with E-state index in [-0.39, 0.29) is 29.9 Å². The van der Waals surface area contributed by atoms with Gasteiger partial charge in [0.2, 0.25) is 0 Å². The van der Waals surface area contributed by atoms with Gasteiger partial charge in [0, 0.05) is 27.8 Å². The van der Waals surface area contributed by atoms with Crippen LogP contribution in [0.4, 0.5) is 17.1 Å². The van der Waals surface area contributed by atoms with Crippen molar-refractivity contribution in [3.05, 3.63) is 255 Å². The molecular formula is C58H42N2Si. The molecule has 288 valence electrons. The van der Waals surface area contributed by atoms with E-state index in [2.05, 4.69) is 199 Å². The van der Waals surface area contributed by atoms with E-state index in [9.17, 15) is 0 Å². The first-order valence-electron chi connectivity index (χ1n) is 23.1. The Morgan fingerprint density at radius 2 is 0.951 bits per heavy atom. The summed E-state index contributed by atoms with van der Waals surface area (Å²) in [6, 6.07) is 77.8. The van der Waals surface area contributed by atoms with E-state index in [4.69, 9.17) is 6.85 Å². The molecule has 0 fully saturated rings. The minimum absolute atomic E-state index is 0.113. The minimum Gasteiger partial charge on any atom is -0.310 e. The summed E-state index contributed by atoms with van der Waals surface area (Å²) in [7, 11) is -2.95. The number of hydrogen-bond acceptors (Lipinski definition) is 1. The molecule has 0 unspecified atom stereocenters. The summed E-state index contributed by atoms with van der Waals surface area (Å²) in [6.07, 6.45) is 0. The molecule has 0 amide bonds. The molecule has 0 spiro atoms. The lowest BCUT2D eigenvalue weighted by Crippen LogP contribution is -2.74. The van der Waals surface area contributed by atoms with Gasteiger partial charge < -0.3 is 9.47 Å². The van der Waals surface area contributed by atoms with Gasteiger partial charge in [0.05, 0.1) is 23.6 Å². The SMILES string of the molecule is [2H]c1c([2H])c([2H])c(-n2c3ccccc3c3c(N(c4ccc(-c5cccc6ccccc56)cc4)c4cccc([Si](c5ccccc5)(c5ccccc5)c5ccccc5)c4)cccc32)c([2H])c1[2H]. The maximum Gasteiger partial charge on any atom is 0.179 e. The highest BCUT2D eigenvalue weighted by Gasteiger charge is 2.41. The van der Waals surface area contributed by atoms with Crippen LogP contribution in [-0.4, -0.2) is 12.6 Å². The molecule has 0 aliphatic heterocycles. The van der Waals surface area contributed by atoms with E-state index in [1.807, 2.05) is 34.9 Å². The average Bonchev–Trinajstić information content (AvgIpc) is 3.71. The van der Waals surface area contributed by atoms with Gasteiger partial charge in [-0.15, -0.1) is 0 Å². The predicted octanol–water partition coefficient (Wildman–Crippen LogP) is 12.5. The predicted molar refractivity (Wildman–Crippen MR) is 262 cm³/mol. The van der Waals surface area contributed by atoms with Crippen molar-refractivity contribution in [1.82, 2.24) is 4.57 Å². The Bertz CT molecular complexity index is 3470. The van der Waals surface area contributed by atoms with Crippen molar-refractivity contribution in [3.63, 3.8) is 0 Å². The Morgan fingerprint density at radius 3 is 1.64 bits per heavy atom. The first-order chi connectivity index (χ1) is 32.4. The van der Waals surface area contributed by atoms with Crippen LogP contribution in [0.2, 0.25) is 0 Å². The van der Waals surface area contributed by atoms with Crippen LogP contribution in [0.25, 0.3) is 49.4 Å². The van der Waals surface area contributed by atoms with Crippen LogP contribution in [0.5, 0.6) is 0 Å². The third-order valence-electron chi connectivity index (χ3n) is 12.0. The van der Waals surface area contributed by atoms with Crippen molar-refractivity contribution in [2.75, 3.05) is 4.90 Å². The number of nitrogens with zero attached hydrogens (tertiary/aromatic N) is 2. The normalized spacial score (nSPS) is 12.8. The molecule has 1 heterocycles. The van der Waals surface area contributed by atoms with E-state index in [0.717, 1.165) is 50.0 Å². The number of anilines is 3. The van der Waals surface area contributed by atoms with E-state index in [0.29, 0.717) is 0 Å². The fraction of sp³-hybridized carbons (Fsp3) is 0. The second-order valence-electron chi connectivity index (χ2n) is 15.3. The molecule has 0 aliphatic rings. The summed E-state index contributed by atoms with van der Waals surface area (Å²) in [5.74, 6) is 0. The Morgan fingerprint density at radius 1 is 0.410 bits per heavy atom. The van der Waals surface area contributed by atoms with Crippen molar-refractivity contribution in [3.8, 4) is 16.8 Å². The summed E-state index contributed by atoms with van der Waals surface area (Å²) in [4.78, 5) is 2.32. The van der Waals surface area contributed by atoms with Crippen LogP contribution in [0.3, 0.4) is 0 Å². The Labute approximate surface area is 364 Å². The first-order valence-corrected chi connectivity index (χ1v) is 22.6. The van der Waals surface area contributed by atoms with Crippen molar-refractivity contribution in [2.24, 2.45) is 0 Å². The molecule has 0 saturated heterocycles. The summed E-state index contributed by atoms with van der Waals surface area (Å²) < 4.78 is 45.7. The molecule has 0 radical (unpaired) electrons. The van der Waals surface area contributed by atoms with Crippen molar-refractivity contribution in [1.29, 1.82) is 0 Å². The molecule has 3 heteroatoms. The third kappa shape index (κ3) is 6.18. The van der Waals surface area contributed by atoms with Crippen molar-refractivity contribution >= 4 is 78.5 Å². The van der Waals surface area contributed by atoms with E-state index in [1.165, 1.54) is 31.5 Å². The van der Waals surface area contributed by atoms with E-state index >= 15 is 0 Å². The molecule has 1 aromatic heterocycles. The molecule has 10 aromatic carbocycles. The lowest BCUT2D eigenvalue weighted by atomic mass is 9.98. The van der Waals surface area contributed by atoms with Gasteiger partial charge >= 0.3 is 0 Å². The fourth-order valence-electron chi connectivity index (χ4n) is 9.42. The van der Waals surface area contributed by atoms with Gasteiger partial charge in [-0.3, -0.25) is 0 Å². The van der Waals surface area contributed by atoms with Gasteiger partial charge in [0.15, 0.2) is 8.07 Å². The number of rotatable bonds is 9. The molecule has 0 atom stereocenters. The van der Waals surface area contributed by atoms with Crippen LogP contribution in [-0.2, 0) is 0 Å². The van der Waals surface area contributed by atoms with E-state index < -0.39 is 14.1 Å². The fourth-order valence-corrected chi connectivity index (χ4v) is 14.2. The van der Waals surface area contributed by atoms with Gasteiger partial charge in [-0.05, 0) is 97.2 Å². The molecule has 0 bridgehead atoms. The molecule has 2 nitrogen and oxygen atoms in total. The Balaban J connectivity index is 1.20. The number of fused-ring (bicyclic) bond motifs is 4. The minimum atomic E-state index is -2.95. The quantitative estimate of drug-likeness (QED) is 0.104. The van der Waals surface area contributed by atoms with Crippen molar-refractivity contribution < 1.29 is 6.85 Å². The molecule has 11 aromatic rings. The number of hydrogen-bond donors (Lipinski definition) is 0. The lowest BCUT2D eigenvalue weighted by Gasteiger charge is -2.35. The van der Waals surface area contributed by atoms with Gasteiger partial charge in [-0.25, -0.2) is 0 Å². The van der Waals surface area contributed by atoms with Crippen LogP contribution in [0, 0.1) is 0 Å². The van der Waals surface area contributed by atoms with Gasteiger partial charge in [-0.2, -0.15) is 0 Å². The second kappa shape index (κ2) is 15.5. The topological polar surface area (TPSA) is 8.17 Å². The summed E-state index contributed by atoms with van der Waals surface area (Å²) in [5.41, 5.74) is 6.61. The van der Waals surface area contributed by atoms with Crippen LogP contribution < -0.4 is 25.6 Å². The summed E-state index contributed by atoms with van der Waals surface area (Å²) >= 11 is 0. The molecule has 11 rings (SSSR count). The molecule has 0 saturated carbocycles. The first kappa shape index (κ1) is 31.2. The zero-order valence-electron chi connectivity index (χ0n) is 38.3. The maximum atomic E-state index is 9.11. The molecular weight excluding hydrogens is 753 g/mol. The van der Waals surface area contributed by atoms with E-state index in [1.54, 1.807) is 0 Å². The highest BCUT2D eigenvalue weighted by atomic mass is 28.3. The summed E-state index contributed by atoms with van der Waals surface area (Å²) in [5, 5.41) is 9.19. The van der Waals surface area contributed by atoms with Crippen LogP contribution in [0.15, 0.2) is 255 Å². The number of benzene rings is 10. The zero-order chi connectivity index (χ0) is 44.9. The molecule has 0 N–H and O–H groups in total. The molecule has 61 heavy (non-hydrogen) atoms. The van der Waals surface area contributed by atoms with Crippen molar-refractivity contribution in [2.45, 2.75) is 0 Å². The highest BCUT2D eigenvalue weighted by Crippen LogP contribution is 2.44. The smallest absolute Gasteiger partial charge is 0.179 e. The monoisotopic (exact) mass is 799 g/mol. The molecule has 0 aliphatic carbocycles. The third-order valence-corrected chi connectivity index (χ3v) is 16.8. The van der Waals surface area contributed by atoms with Crippen LogP contribution in [0.1, 0.15) is 6.85 Å². The Kier molecular flexibility index (Phi) is 7.92. The lowest BCUT2D eigenvalue weighted by molar-refractivity contribution is 1.18. The number of aromatic nitrogens is 1. The maximum absolute atomic E-state index is 9.11. The van der Waals surface area contributed by atoms with Gasteiger partial charge in [0.1, 0.15) is 0 Å². The summed E-state index contributed by atoms with van der Waals surface area (Å²) in [6.45, 7) is 0. The van der Waals surface area contributed by atoms with Gasteiger partial charge in [-0.1, -0.05) is 200 Å². The zero-order valence-corrected chi connectivity index (χ0v) is 34.3. The Hall–Kier alpha value is -7.72. The average molecular weight is 800 g/mol. The van der Waals surface area contributed by atoms with Gasteiger partial charge in [0.25, 0.3) is 0 Å². The highest BCUT2D eigenvalue weighted by molar-refractivity contribution is 7.19. The largest absolute Gasteiger partial charge is 0.310 e. The van der Waals surface area contributed by atoms with Crippen LogP contribution >= 0.6 is 0 Å². The standard InChI is InChI=1S/C58H42N2Si/c1-5-22-45(23-6-1)60-55-35-16-15-33-54(55)58-56(36-19-37-57(58)60)59(46-40-38-44(39-41-46)53-34-17-21-43-20-13-14-32-52(43)53)47-24-18-31-51(42-47)61(48-25-7-2-8-26-48,49-27-9-3-10-28-49)50-29-11-4-12-30-50/h1-42H/i1D,5D,6D,22D,23D. The second-order valence-corrected chi connectivity index (χ2v) is 19.1. The number of para-hydroxylation sites is 2.